The zero-order valence-electron chi connectivity index (χ0n) is 9.48. The summed E-state index contributed by atoms with van der Waals surface area (Å²) < 4.78 is 0. The van der Waals surface area contributed by atoms with Crippen LogP contribution in [0.2, 0.25) is 0 Å². The number of hydrogen-bond acceptors (Lipinski definition) is 6. The Morgan fingerprint density at radius 2 is 2.16 bits per heavy atom. The summed E-state index contributed by atoms with van der Waals surface area (Å²) in [4.78, 5) is 20.9. The molecule has 5 N–H and O–H groups in total. The number of carbonyl (C=O) groups excluding carboxylic acids is 1. The lowest BCUT2D eigenvalue weighted by Crippen LogP contribution is -2.34. The number of carbonyl (C=O) groups is 1. The van der Waals surface area contributed by atoms with Crippen molar-refractivity contribution in [2.75, 3.05) is 0 Å². The molecule has 0 fully saturated rings. The van der Waals surface area contributed by atoms with Crippen molar-refractivity contribution in [2.24, 2.45) is 5.73 Å². The Hall–Kier alpha value is -2.52. The van der Waals surface area contributed by atoms with Crippen molar-refractivity contribution in [3.63, 3.8) is 0 Å². The highest BCUT2D eigenvalue weighted by Gasteiger charge is 2.27. The third-order valence-electron chi connectivity index (χ3n) is 2.66. The van der Waals surface area contributed by atoms with Crippen LogP contribution in [0.1, 0.15) is 11.8 Å². The number of nitro benzene ring substituents is 1. The van der Waals surface area contributed by atoms with E-state index in [4.69, 9.17) is 5.73 Å². The predicted octanol–water partition coefficient (Wildman–Crippen LogP) is -0.649. The molecular formula is C10H10N4O5. The molecule has 0 saturated heterocycles. The maximum Gasteiger partial charge on any atom is 0.270 e. The first kappa shape index (κ1) is 12.9. The first-order chi connectivity index (χ1) is 8.91. The van der Waals surface area contributed by atoms with Gasteiger partial charge in [0, 0.05) is 17.5 Å². The van der Waals surface area contributed by atoms with Crippen LogP contribution in [0.25, 0.3) is 10.9 Å². The van der Waals surface area contributed by atoms with Crippen LogP contribution in [0.3, 0.4) is 0 Å². The van der Waals surface area contributed by atoms with Crippen LogP contribution in [0, 0.1) is 10.1 Å². The highest BCUT2D eigenvalue weighted by atomic mass is 16.6. The van der Waals surface area contributed by atoms with Crippen LogP contribution in [-0.4, -0.2) is 37.3 Å². The summed E-state index contributed by atoms with van der Waals surface area (Å²) in [5.74, 6) is -1.11. The molecule has 100 valence electrons. The molecule has 9 heteroatoms. The van der Waals surface area contributed by atoms with E-state index in [2.05, 4.69) is 10.2 Å². The van der Waals surface area contributed by atoms with Gasteiger partial charge in [0.2, 0.25) is 5.91 Å². The second-order valence-corrected chi connectivity index (χ2v) is 3.89. The molecule has 9 nitrogen and oxygen atoms in total. The molecule has 0 aliphatic heterocycles. The van der Waals surface area contributed by atoms with Crippen molar-refractivity contribution in [1.29, 1.82) is 0 Å². The Morgan fingerprint density at radius 3 is 2.74 bits per heavy atom. The average molecular weight is 266 g/mol. The van der Waals surface area contributed by atoms with Crippen molar-refractivity contribution in [3.8, 4) is 0 Å². The van der Waals surface area contributed by atoms with Gasteiger partial charge in [0.1, 0.15) is 6.10 Å². The van der Waals surface area contributed by atoms with Gasteiger partial charge in [0.25, 0.3) is 5.69 Å². The number of nitro groups is 1. The molecule has 1 heterocycles. The molecule has 0 bridgehead atoms. The van der Waals surface area contributed by atoms with E-state index in [0.29, 0.717) is 5.52 Å². The number of aliphatic hydroxyl groups excluding tert-OH is 2. The number of benzene rings is 1. The molecule has 0 aliphatic rings. The maximum absolute atomic E-state index is 10.8. The molecule has 1 aromatic carbocycles. The normalized spacial score (nSPS) is 14.2. The zero-order valence-corrected chi connectivity index (χ0v) is 9.48. The van der Waals surface area contributed by atoms with Gasteiger partial charge < -0.3 is 15.9 Å². The molecule has 2 rings (SSSR count). The van der Waals surface area contributed by atoms with E-state index >= 15 is 0 Å². The van der Waals surface area contributed by atoms with Crippen LogP contribution in [0.15, 0.2) is 18.2 Å². The van der Waals surface area contributed by atoms with Crippen LogP contribution < -0.4 is 5.73 Å². The summed E-state index contributed by atoms with van der Waals surface area (Å²) in [6.45, 7) is 0. The summed E-state index contributed by atoms with van der Waals surface area (Å²) in [6.07, 6.45) is -3.47. The molecule has 2 atom stereocenters. The molecule has 2 aromatic rings. The molecule has 19 heavy (non-hydrogen) atoms. The van der Waals surface area contributed by atoms with Crippen molar-refractivity contribution < 1.29 is 19.9 Å². The van der Waals surface area contributed by atoms with Crippen molar-refractivity contribution in [3.05, 3.63) is 34.0 Å². The molecule has 0 radical (unpaired) electrons. The number of nitrogens with zero attached hydrogens (tertiary/aromatic N) is 2. The number of aromatic amines is 1. The number of non-ortho nitro benzene ring substituents is 1. The second-order valence-electron chi connectivity index (χ2n) is 3.89. The lowest BCUT2D eigenvalue weighted by molar-refractivity contribution is -0.384. The number of nitrogens with two attached hydrogens (primary N) is 1. The van der Waals surface area contributed by atoms with Crippen LogP contribution in [-0.2, 0) is 4.79 Å². The van der Waals surface area contributed by atoms with E-state index in [9.17, 15) is 25.1 Å². The first-order valence-corrected chi connectivity index (χ1v) is 5.19. The number of hydrogen-bond donors (Lipinski definition) is 4. The van der Waals surface area contributed by atoms with Crippen molar-refractivity contribution in [1.82, 2.24) is 10.2 Å². The largest absolute Gasteiger partial charge is 0.384 e. The summed E-state index contributed by atoms with van der Waals surface area (Å²) >= 11 is 0. The Balaban J connectivity index is 2.52. The topological polar surface area (TPSA) is 155 Å². The monoisotopic (exact) mass is 266 g/mol. The zero-order chi connectivity index (χ0) is 14.2. The van der Waals surface area contributed by atoms with E-state index in [1.54, 1.807) is 0 Å². The molecule has 0 aliphatic carbocycles. The maximum atomic E-state index is 10.8. The van der Waals surface area contributed by atoms with Crippen LogP contribution in [0.4, 0.5) is 5.69 Å². The average Bonchev–Trinajstić information content (AvgIpc) is 2.79. The minimum absolute atomic E-state index is 0.00926. The second kappa shape index (κ2) is 4.63. The van der Waals surface area contributed by atoms with Crippen molar-refractivity contribution in [2.45, 2.75) is 12.2 Å². The fraction of sp³-hybridized carbons (Fsp3) is 0.200. The van der Waals surface area contributed by atoms with Gasteiger partial charge in [-0.15, -0.1) is 0 Å². The Morgan fingerprint density at radius 1 is 1.47 bits per heavy atom. The minimum Gasteiger partial charge on any atom is -0.384 e. The van der Waals surface area contributed by atoms with Gasteiger partial charge in [0.05, 0.1) is 16.1 Å². The fourth-order valence-electron chi connectivity index (χ4n) is 1.67. The lowest BCUT2D eigenvalue weighted by atomic mass is 10.1. The summed E-state index contributed by atoms with van der Waals surface area (Å²) in [5, 5.41) is 36.3. The standard InChI is InChI=1S/C10H10N4O5/c11-10(17)9(16)8(15)7-5-3-4(14(18)19)1-2-6(5)12-13-7/h1-3,8-9,15-16H,(H2,11,17)(H,12,13). The smallest absolute Gasteiger partial charge is 0.270 e. The van der Waals surface area contributed by atoms with E-state index in [1.165, 1.54) is 18.2 Å². The third kappa shape index (κ3) is 2.23. The number of nitrogens with one attached hydrogen (secondary N) is 1. The summed E-state index contributed by atoms with van der Waals surface area (Å²) in [5.41, 5.74) is 5.02. The van der Waals surface area contributed by atoms with Gasteiger partial charge >= 0.3 is 0 Å². The van der Waals surface area contributed by atoms with Gasteiger partial charge in [0.15, 0.2) is 6.10 Å². The number of primary amides is 1. The molecular weight excluding hydrogens is 256 g/mol. The Labute approximate surface area is 105 Å². The Bertz CT molecular complexity index is 652. The van der Waals surface area contributed by atoms with Gasteiger partial charge in [-0.25, -0.2) is 0 Å². The number of fused-ring (bicyclic) bond motifs is 1. The highest BCUT2D eigenvalue weighted by Crippen LogP contribution is 2.27. The molecule has 2 unspecified atom stereocenters. The van der Waals surface area contributed by atoms with Gasteiger partial charge in [-0.3, -0.25) is 20.0 Å². The van der Waals surface area contributed by atoms with Gasteiger partial charge in [-0.1, -0.05) is 0 Å². The van der Waals surface area contributed by atoms with Crippen LogP contribution in [0.5, 0.6) is 0 Å². The predicted molar refractivity (Wildman–Crippen MR) is 62.9 cm³/mol. The van der Waals surface area contributed by atoms with Gasteiger partial charge in [-0.2, -0.15) is 5.10 Å². The number of rotatable bonds is 4. The number of H-pyrrole nitrogens is 1. The fourth-order valence-corrected chi connectivity index (χ4v) is 1.67. The summed E-state index contributed by atoms with van der Waals surface area (Å²) in [6, 6.07) is 3.83. The number of aliphatic hydroxyl groups is 2. The molecule has 0 saturated carbocycles. The quantitative estimate of drug-likeness (QED) is 0.425. The SMILES string of the molecule is NC(=O)C(O)C(O)c1[nH]nc2ccc([N+](=O)[O-])cc12. The van der Waals surface area contributed by atoms with Crippen LogP contribution >= 0.6 is 0 Å². The third-order valence-corrected chi connectivity index (χ3v) is 2.66. The van der Waals surface area contributed by atoms with Crippen molar-refractivity contribution >= 4 is 22.5 Å². The summed E-state index contributed by atoms with van der Waals surface area (Å²) in [7, 11) is 0. The number of aromatic nitrogens is 2. The first-order valence-electron chi connectivity index (χ1n) is 5.19. The Kier molecular flexibility index (Phi) is 3.15. The molecule has 1 amide bonds. The van der Waals surface area contributed by atoms with E-state index in [1.807, 2.05) is 0 Å². The van der Waals surface area contributed by atoms with E-state index < -0.39 is 23.0 Å². The van der Waals surface area contributed by atoms with E-state index in [0.717, 1.165) is 0 Å². The minimum atomic E-state index is -1.83. The lowest BCUT2D eigenvalue weighted by Gasteiger charge is -2.13. The molecule has 1 aromatic heterocycles. The molecule has 0 spiro atoms. The number of amides is 1. The van der Waals surface area contributed by atoms with E-state index in [-0.39, 0.29) is 16.8 Å². The van der Waals surface area contributed by atoms with Gasteiger partial charge in [-0.05, 0) is 6.07 Å². The highest BCUT2D eigenvalue weighted by molar-refractivity contribution is 5.85.